The standard InChI is InChI=1S/C22H27ClN2O4S/c1-15-12-16(2)22(17(3)13-15)30(27,28)24-9-8-21(26)25-10-11-29-20(14-25)18-4-6-19(23)7-5-18/h4-7,12-13,20,24H,8-11,14H2,1-3H3. The molecule has 0 bridgehead atoms. The van der Waals surface area contributed by atoms with E-state index < -0.39 is 10.0 Å². The number of aryl methyl sites for hydroxylation is 3. The van der Waals surface area contributed by atoms with Gasteiger partial charge in [-0.25, -0.2) is 13.1 Å². The molecule has 6 nitrogen and oxygen atoms in total. The quantitative estimate of drug-likeness (QED) is 0.730. The normalized spacial score (nSPS) is 17.2. The first-order chi connectivity index (χ1) is 14.2. The Morgan fingerprint density at radius 1 is 1.17 bits per heavy atom. The lowest BCUT2D eigenvalue weighted by Crippen LogP contribution is -2.43. The van der Waals surface area contributed by atoms with Crippen LogP contribution in [0.1, 0.15) is 34.8 Å². The van der Waals surface area contributed by atoms with Gasteiger partial charge in [-0.1, -0.05) is 41.4 Å². The van der Waals surface area contributed by atoms with E-state index in [4.69, 9.17) is 16.3 Å². The van der Waals surface area contributed by atoms with Crippen molar-refractivity contribution in [3.05, 3.63) is 63.7 Å². The van der Waals surface area contributed by atoms with E-state index in [9.17, 15) is 13.2 Å². The summed E-state index contributed by atoms with van der Waals surface area (Å²) in [7, 11) is -3.68. The molecule has 1 heterocycles. The molecule has 8 heteroatoms. The Hall–Kier alpha value is -1.93. The van der Waals surface area contributed by atoms with Crippen LogP contribution >= 0.6 is 11.6 Å². The average molecular weight is 451 g/mol. The zero-order chi connectivity index (χ0) is 21.9. The van der Waals surface area contributed by atoms with Gasteiger partial charge in [-0.2, -0.15) is 0 Å². The van der Waals surface area contributed by atoms with Gasteiger partial charge in [0.2, 0.25) is 15.9 Å². The Labute approximate surface area is 183 Å². The topological polar surface area (TPSA) is 75.7 Å². The highest BCUT2D eigenvalue weighted by molar-refractivity contribution is 7.89. The van der Waals surface area contributed by atoms with E-state index in [2.05, 4.69) is 4.72 Å². The van der Waals surface area contributed by atoms with Crippen LogP contribution in [-0.4, -0.2) is 45.5 Å². The number of rotatable bonds is 6. The second-order valence-electron chi connectivity index (χ2n) is 7.63. The van der Waals surface area contributed by atoms with E-state index in [0.29, 0.717) is 35.8 Å². The number of hydrogen-bond acceptors (Lipinski definition) is 4. The molecule has 0 saturated carbocycles. The van der Waals surface area contributed by atoms with Crippen LogP contribution in [0.5, 0.6) is 0 Å². The molecular weight excluding hydrogens is 424 g/mol. The Balaban J connectivity index is 1.58. The third-order valence-corrected chi connectivity index (χ3v) is 7.18. The number of carbonyl (C=O) groups excluding carboxylic acids is 1. The van der Waals surface area contributed by atoms with Gasteiger partial charge in [0.05, 0.1) is 18.0 Å². The molecule has 1 aliphatic heterocycles. The molecule has 1 atom stereocenters. The van der Waals surface area contributed by atoms with Gasteiger partial charge in [0.1, 0.15) is 6.10 Å². The number of carbonyl (C=O) groups is 1. The first-order valence-corrected chi connectivity index (χ1v) is 11.8. The van der Waals surface area contributed by atoms with Gasteiger partial charge in [0.25, 0.3) is 0 Å². The van der Waals surface area contributed by atoms with Crippen LogP contribution in [0.15, 0.2) is 41.3 Å². The Morgan fingerprint density at radius 2 is 1.80 bits per heavy atom. The maximum Gasteiger partial charge on any atom is 0.241 e. The van der Waals surface area contributed by atoms with E-state index in [1.54, 1.807) is 30.9 Å². The molecule has 1 unspecified atom stereocenters. The maximum atomic E-state index is 12.7. The third-order valence-electron chi connectivity index (χ3n) is 5.17. The Morgan fingerprint density at radius 3 is 2.43 bits per heavy atom. The van der Waals surface area contributed by atoms with Crippen LogP contribution < -0.4 is 4.72 Å². The minimum Gasteiger partial charge on any atom is -0.370 e. The van der Waals surface area contributed by atoms with Crippen molar-refractivity contribution >= 4 is 27.5 Å². The Bertz CT molecular complexity index is 999. The maximum absolute atomic E-state index is 12.7. The summed E-state index contributed by atoms with van der Waals surface area (Å²) in [5, 5.41) is 0.647. The van der Waals surface area contributed by atoms with Crippen LogP contribution in [0.2, 0.25) is 5.02 Å². The minimum atomic E-state index is -3.68. The van der Waals surface area contributed by atoms with E-state index in [0.717, 1.165) is 11.1 Å². The zero-order valence-corrected chi connectivity index (χ0v) is 19.0. The summed E-state index contributed by atoms with van der Waals surface area (Å²) in [6, 6.07) is 11.1. The highest BCUT2D eigenvalue weighted by Gasteiger charge is 2.26. The number of nitrogens with one attached hydrogen (secondary N) is 1. The molecule has 0 radical (unpaired) electrons. The van der Waals surface area contributed by atoms with Gasteiger partial charge in [-0.05, 0) is 49.6 Å². The van der Waals surface area contributed by atoms with Gasteiger partial charge in [-0.3, -0.25) is 4.79 Å². The smallest absolute Gasteiger partial charge is 0.241 e. The number of nitrogens with zero attached hydrogens (tertiary/aromatic N) is 1. The molecule has 0 aliphatic carbocycles. The molecule has 162 valence electrons. The molecule has 0 spiro atoms. The summed E-state index contributed by atoms with van der Waals surface area (Å²) >= 11 is 5.93. The van der Waals surface area contributed by atoms with Gasteiger partial charge in [-0.15, -0.1) is 0 Å². The summed E-state index contributed by atoms with van der Waals surface area (Å²) in [4.78, 5) is 14.7. The van der Waals surface area contributed by atoms with Crippen LogP contribution in [-0.2, 0) is 19.6 Å². The molecule has 2 aromatic carbocycles. The van der Waals surface area contributed by atoms with Crippen molar-refractivity contribution < 1.29 is 17.9 Å². The van der Waals surface area contributed by atoms with Crippen molar-refractivity contribution in [2.45, 2.75) is 38.2 Å². The molecule has 1 amide bonds. The van der Waals surface area contributed by atoms with E-state index in [1.165, 1.54) is 0 Å². The van der Waals surface area contributed by atoms with Crippen LogP contribution in [0.4, 0.5) is 0 Å². The van der Waals surface area contributed by atoms with Crippen LogP contribution in [0.3, 0.4) is 0 Å². The highest BCUT2D eigenvalue weighted by Crippen LogP contribution is 2.24. The van der Waals surface area contributed by atoms with Crippen molar-refractivity contribution in [1.82, 2.24) is 9.62 Å². The lowest BCUT2D eigenvalue weighted by atomic mass is 10.1. The fourth-order valence-corrected chi connectivity index (χ4v) is 5.47. The van der Waals surface area contributed by atoms with E-state index in [1.807, 2.05) is 31.2 Å². The minimum absolute atomic E-state index is 0.0525. The van der Waals surface area contributed by atoms with Gasteiger partial charge >= 0.3 is 0 Å². The Kier molecular flexibility index (Phi) is 7.18. The van der Waals surface area contributed by atoms with Gasteiger partial charge < -0.3 is 9.64 Å². The molecule has 1 N–H and O–H groups in total. The number of benzene rings is 2. The first-order valence-electron chi connectivity index (χ1n) is 9.90. The van der Waals surface area contributed by atoms with Crippen LogP contribution in [0, 0.1) is 20.8 Å². The summed E-state index contributed by atoms with van der Waals surface area (Å²) in [6.07, 6.45) is -0.120. The molecule has 30 heavy (non-hydrogen) atoms. The number of sulfonamides is 1. The lowest BCUT2D eigenvalue weighted by molar-refractivity contribution is -0.138. The van der Waals surface area contributed by atoms with Crippen molar-refractivity contribution in [2.75, 3.05) is 26.2 Å². The van der Waals surface area contributed by atoms with E-state index in [-0.39, 0.29) is 29.9 Å². The molecule has 1 aliphatic rings. The number of amides is 1. The first kappa shape index (κ1) is 22.7. The summed E-state index contributed by atoms with van der Waals surface area (Å²) in [6.45, 7) is 6.91. The average Bonchev–Trinajstić information content (AvgIpc) is 2.67. The largest absolute Gasteiger partial charge is 0.370 e. The fourth-order valence-electron chi connectivity index (χ4n) is 3.87. The second-order valence-corrected chi connectivity index (χ2v) is 9.77. The summed E-state index contributed by atoms with van der Waals surface area (Å²) in [5.41, 5.74) is 3.38. The van der Waals surface area contributed by atoms with E-state index >= 15 is 0 Å². The lowest BCUT2D eigenvalue weighted by Gasteiger charge is -2.33. The zero-order valence-electron chi connectivity index (χ0n) is 17.4. The van der Waals surface area contributed by atoms with Gasteiger partial charge in [0.15, 0.2) is 0 Å². The monoisotopic (exact) mass is 450 g/mol. The van der Waals surface area contributed by atoms with Crippen molar-refractivity contribution in [3.63, 3.8) is 0 Å². The number of ether oxygens (including phenoxy) is 1. The fraction of sp³-hybridized carbons (Fsp3) is 0.409. The number of morpholine rings is 1. The third kappa shape index (κ3) is 5.40. The highest BCUT2D eigenvalue weighted by atomic mass is 35.5. The predicted octanol–water partition coefficient (Wildman–Crippen LogP) is 3.53. The summed E-state index contributed by atoms with van der Waals surface area (Å²) < 4.78 is 33.8. The summed E-state index contributed by atoms with van der Waals surface area (Å²) in [5.74, 6) is -0.0997. The molecule has 1 fully saturated rings. The molecular formula is C22H27ClN2O4S. The second kappa shape index (κ2) is 9.47. The van der Waals surface area contributed by atoms with Gasteiger partial charge in [0, 0.05) is 24.5 Å². The molecule has 0 aromatic heterocycles. The van der Waals surface area contributed by atoms with Crippen molar-refractivity contribution in [1.29, 1.82) is 0 Å². The SMILES string of the molecule is Cc1cc(C)c(S(=O)(=O)NCCC(=O)N2CCOC(c3ccc(Cl)cc3)C2)c(C)c1. The molecule has 1 saturated heterocycles. The predicted molar refractivity (Wildman–Crippen MR) is 117 cm³/mol. The molecule has 3 rings (SSSR count). The van der Waals surface area contributed by atoms with Crippen molar-refractivity contribution in [2.24, 2.45) is 0 Å². The number of halogens is 1. The van der Waals surface area contributed by atoms with Crippen LogP contribution in [0.25, 0.3) is 0 Å². The number of hydrogen-bond donors (Lipinski definition) is 1. The molecule has 2 aromatic rings. The van der Waals surface area contributed by atoms with Crippen molar-refractivity contribution in [3.8, 4) is 0 Å².